The third kappa shape index (κ3) is 5.24. The van der Waals surface area contributed by atoms with Crippen LogP contribution in [0.5, 0.6) is 0 Å². The molecule has 30 heavy (non-hydrogen) atoms. The summed E-state index contributed by atoms with van der Waals surface area (Å²) in [6.07, 6.45) is -1.85. The van der Waals surface area contributed by atoms with E-state index in [2.05, 4.69) is 5.43 Å². The van der Waals surface area contributed by atoms with Crippen molar-refractivity contribution >= 4 is 29.9 Å². The number of benzene rings is 2. The minimum Gasteiger partial charge on any atom is -0.466 e. The second-order valence-corrected chi connectivity index (χ2v) is 7.05. The number of thioether (sulfide) groups is 1. The molecule has 2 amide bonds. The average molecular weight is 432 g/mol. The topological polar surface area (TPSA) is 94.2 Å². The van der Waals surface area contributed by atoms with E-state index in [0.29, 0.717) is 10.5 Å². The first-order valence-electron chi connectivity index (χ1n) is 9.27. The molecule has 0 aliphatic carbocycles. The number of carbonyl (C=O) groups excluding carboxylic acids is 3. The number of methoxy groups -OCH3 is 1. The fourth-order valence-corrected chi connectivity index (χ4v) is 3.91. The molecule has 0 spiro atoms. The number of amides is 2. The third-order valence-corrected chi connectivity index (χ3v) is 5.27. The van der Waals surface area contributed by atoms with E-state index in [4.69, 9.17) is 14.2 Å². The van der Waals surface area contributed by atoms with E-state index in [1.807, 2.05) is 6.07 Å². The molecule has 0 fully saturated rings. The monoisotopic (exact) mass is 432 g/mol. The second-order valence-electron chi connectivity index (χ2n) is 5.78. The summed E-state index contributed by atoms with van der Waals surface area (Å²) in [5, 5.41) is 0.813. The molecular formula is C21H24N2O6S. The maximum absolute atomic E-state index is 13.2. The van der Waals surface area contributed by atoms with Crippen LogP contribution in [0.1, 0.15) is 19.4 Å². The highest BCUT2D eigenvalue weighted by molar-refractivity contribution is 8.01. The summed E-state index contributed by atoms with van der Waals surface area (Å²) in [5.41, 5.74) is 2.75. The lowest BCUT2D eigenvalue weighted by molar-refractivity contribution is -0.150. The van der Waals surface area contributed by atoms with Crippen molar-refractivity contribution in [1.82, 2.24) is 10.4 Å². The van der Waals surface area contributed by atoms with Gasteiger partial charge in [-0.25, -0.2) is 19.8 Å². The maximum atomic E-state index is 13.2. The summed E-state index contributed by atoms with van der Waals surface area (Å²) >= 11 is 1.02. The Kier molecular flexibility index (Phi) is 8.54. The van der Waals surface area contributed by atoms with E-state index in [1.165, 1.54) is 7.11 Å². The van der Waals surface area contributed by atoms with Gasteiger partial charge in [-0.05, 0) is 26.0 Å². The van der Waals surface area contributed by atoms with Crippen molar-refractivity contribution in [3.63, 3.8) is 0 Å². The molecule has 0 saturated carbocycles. The van der Waals surface area contributed by atoms with Gasteiger partial charge >= 0.3 is 18.2 Å². The van der Waals surface area contributed by atoms with Crippen molar-refractivity contribution in [1.29, 1.82) is 0 Å². The average Bonchev–Trinajstić information content (AvgIpc) is 2.77. The Morgan fingerprint density at radius 1 is 0.933 bits per heavy atom. The molecule has 1 atom stereocenters. The smallest absolute Gasteiger partial charge is 0.431 e. The van der Waals surface area contributed by atoms with Gasteiger partial charge in [0.15, 0.2) is 0 Å². The number of nitrogens with one attached hydrogen (secondary N) is 1. The molecule has 8 nitrogen and oxygen atoms in total. The Bertz CT molecular complexity index is 849. The summed E-state index contributed by atoms with van der Waals surface area (Å²) in [6, 6.07) is 17.5. The van der Waals surface area contributed by atoms with Crippen LogP contribution in [0.2, 0.25) is 0 Å². The van der Waals surface area contributed by atoms with Crippen LogP contribution in [-0.4, -0.2) is 43.5 Å². The summed E-state index contributed by atoms with van der Waals surface area (Å²) in [6.45, 7) is 3.34. The highest BCUT2D eigenvalue weighted by Crippen LogP contribution is 2.45. The number of carbonyl (C=O) groups is 3. The van der Waals surface area contributed by atoms with E-state index in [-0.39, 0.29) is 13.2 Å². The van der Waals surface area contributed by atoms with Gasteiger partial charge in [-0.2, -0.15) is 5.01 Å². The lowest BCUT2D eigenvalue weighted by atomic mass is 10.1. The largest absolute Gasteiger partial charge is 0.466 e. The van der Waals surface area contributed by atoms with E-state index in [0.717, 1.165) is 16.8 Å². The molecule has 0 radical (unpaired) electrons. The molecule has 9 heteroatoms. The highest BCUT2D eigenvalue weighted by Gasteiger charge is 2.53. The first-order valence-corrected chi connectivity index (χ1v) is 10.1. The van der Waals surface area contributed by atoms with Gasteiger partial charge in [-0.3, -0.25) is 0 Å². The van der Waals surface area contributed by atoms with Crippen LogP contribution >= 0.6 is 11.8 Å². The van der Waals surface area contributed by atoms with Crippen LogP contribution in [0.4, 0.5) is 9.59 Å². The van der Waals surface area contributed by atoms with Crippen LogP contribution in [0.3, 0.4) is 0 Å². The summed E-state index contributed by atoms with van der Waals surface area (Å²) in [7, 11) is 1.21. The Labute approximate surface area is 179 Å². The van der Waals surface area contributed by atoms with Gasteiger partial charge in [-0.15, -0.1) is 0 Å². The van der Waals surface area contributed by atoms with Crippen LogP contribution in [0, 0.1) is 0 Å². The molecule has 2 rings (SSSR count). The summed E-state index contributed by atoms with van der Waals surface area (Å²) < 4.78 is 15.2. The van der Waals surface area contributed by atoms with Crippen molar-refractivity contribution < 1.29 is 28.6 Å². The van der Waals surface area contributed by atoms with Crippen LogP contribution < -0.4 is 5.43 Å². The standard InChI is InChI=1S/C21H24N2O6S/c1-4-28-19(25)22-23(20(26)29-5-2)21(18(24)27-3,16-12-8-6-9-13-16)30-17-14-10-7-11-15-17/h6-15H,4-5H2,1-3H3,(H,22,25). The molecule has 0 saturated heterocycles. The van der Waals surface area contributed by atoms with Crippen LogP contribution in [-0.2, 0) is 23.9 Å². The molecular weight excluding hydrogens is 408 g/mol. The van der Waals surface area contributed by atoms with Gasteiger partial charge in [-0.1, -0.05) is 60.3 Å². The number of hydrogen-bond acceptors (Lipinski definition) is 7. The molecule has 0 heterocycles. The van der Waals surface area contributed by atoms with Crippen molar-refractivity contribution in [2.24, 2.45) is 0 Å². The number of ether oxygens (including phenoxy) is 3. The number of rotatable bonds is 7. The molecule has 160 valence electrons. The fraction of sp³-hybridized carbons (Fsp3) is 0.286. The molecule has 0 bridgehead atoms. The molecule has 1 N–H and O–H groups in total. The molecule has 2 aromatic rings. The zero-order valence-electron chi connectivity index (χ0n) is 17.0. The minimum absolute atomic E-state index is 0.0296. The van der Waals surface area contributed by atoms with Gasteiger partial charge < -0.3 is 14.2 Å². The first-order chi connectivity index (χ1) is 14.5. The van der Waals surface area contributed by atoms with Gasteiger partial charge in [0.2, 0.25) is 4.87 Å². The van der Waals surface area contributed by atoms with Crippen LogP contribution in [0.15, 0.2) is 65.6 Å². The third-order valence-electron chi connectivity index (χ3n) is 3.88. The van der Waals surface area contributed by atoms with Gasteiger partial charge in [0, 0.05) is 10.5 Å². The molecule has 0 aliphatic rings. The Morgan fingerprint density at radius 3 is 2.03 bits per heavy atom. The quantitative estimate of drug-likeness (QED) is 0.233. The van der Waals surface area contributed by atoms with E-state index >= 15 is 0 Å². The summed E-state index contributed by atoms with van der Waals surface area (Å²) in [4.78, 5) is 37.3. The maximum Gasteiger partial charge on any atom is 0.431 e. The highest BCUT2D eigenvalue weighted by atomic mass is 32.2. The normalized spacial score (nSPS) is 12.2. The minimum atomic E-state index is -1.82. The van der Waals surface area contributed by atoms with Crippen molar-refractivity contribution in [3.05, 3.63) is 66.2 Å². The van der Waals surface area contributed by atoms with Crippen molar-refractivity contribution in [2.45, 2.75) is 23.6 Å². The second kappa shape index (κ2) is 11.1. The zero-order chi connectivity index (χ0) is 22.0. The van der Waals surface area contributed by atoms with Gasteiger partial charge in [0.05, 0.1) is 20.3 Å². The predicted molar refractivity (Wildman–Crippen MR) is 111 cm³/mol. The Balaban J connectivity index is 2.71. The van der Waals surface area contributed by atoms with Crippen molar-refractivity contribution in [3.8, 4) is 0 Å². The fourth-order valence-electron chi connectivity index (χ4n) is 2.64. The van der Waals surface area contributed by atoms with Gasteiger partial charge in [0.25, 0.3) is 0 Å². The summed E-state index contributed by atoms with van der Waals surface area (Å²) in [5.74, 6) is -0.785. The molecule has 0 aromatic heterocycles. The number of nitrogens with zero attached hydrogens (tertiary/aromatic N) is 1. The van der Waals surface area contributed by atoms with Gasteiger partial charge in [0.1, 0.15) is 0 Å². The lowest BCUT2D eigenvalue weighted by Gasteiger charge is -2.39. The van der Waals surface area contributed by atoms with Crippen LogP contribution in [0.25, 0.3) is 0 Å². The molecule has 0 aliphatic heterocycles. The zero-order valence-corrected chi connectivity index (χ0v) is 17.8. The first kappa shape index (κ1) is 23.1. The number of esters is 1. The van der Waals surface area contributed by atoms with E-state index < -0.39 is 23.0 Å². The van der Waals surface area contributed by atoms with E-state index in [9.17, 15) is 14.4 Å². The van der Waals surface area contributed by atoms with E-state index in [1.54, 1.807) is 68.4 Å². The molecule has 2 aromatic carbocycles. The predicted octanol–water partition coefficient (Wildman–Crippen LogP) is 3.92. The number of hydrazine groups is 1. The Morgan fingerprint density at radius 2 is 1.50 bits per heavy atom. The Hall–Kier alpha value is -3.20. The number of hydrogen-bond donors (Lipinski definition) is 1. The molecule has 1 unspecified atom stereocenters. The lowest BCUT2D eigenvalue weighted by Crippen LogP contribution is -2.60. The SMILES string of the molecule is CCOC(=O)NN(C(=O)OCC)C(Sc1ccccc1)(C(=O)OC)c1ccccc1. The van der Waals surface area contributed by atoms with Crippen molar-refractivity contribution in [2.75, 3.05) is 20.3 Å².